The van der Waals surface area contributed by atoms with Crippen LogP contribution in [0.2, 0.25) is 0 Å². The average Bonchev–Trinajstić information content (AvgIpc) is 3.53. The second-order valence-corrected chi connectivity index (χ2v) is 8.82. The molecule has 1 aliphatic rings. The molecule has 0 unspecified atom stereocenters. The Bertz CT molecular complexity index is 1650. The van der Waals surface area contributed by atoms with E-state index in [4.69, 9.17) is 4.74 Å². The number of allylic oxidation sites excluding steroid dienone is 1. The van der Waals surface area contributed by atoms with Gasteiger partial charge in [-0.05, 0) is 47.5 Å². The zero-order valence-corrected chi connectivity index (χ0v) is 19.6. The first kappa shape index (κ1) is 22.9. The van der Waals surface area contributed by atoms with E-state index >= 15 is 0 Å². The second-order valence-electron chi connectivity index (χ2n) is 8.82. The summed E-state index contributed by atoms with van der Waals surface area (Å²) in [4.78, 5) is 7.89. The Kier molecular flexibility index (Phi) is 5.64. The number of nitrogens with one attached hydrogen (secondary N) is 1. The number of fused-ring (bicyclic) bond motifs is 2. The summed E-state index contributed by atoms with van der Waals surface area (Å²) >= 11 is 0. The largest absolute Gasteiger partial charge is 0.489 e. The molecule has 182 valence electrons. The second kappa shape index (κ2) is 9.13. The molecule has 0 radical (unpaired) electrons. The molecular formula is C31H21F3N2O. The number of aromatic amines is 1. The van der Waals surface area contributed by atoms with Crippen molar-refractivity contribution in [2.24, 2.45) is 4.99 Å². The van der Waals surface area contributed by atoms with E-state index in [9.17, 15) is 13.2 Å². The SMILES string of the molecule is FC(F)(F)c1ccc(/C(=C2/C=Nc3ccc(OCc4ccccc4)cc32)c2c[nH]c3ccccc23)cc1. The third kappa shape index (κ3) is 4.42. The van der Waals surface area contributed by atoms with Crippen molar-refractivity contribution in [3.8, 4) is 5.75 Å². The van der Waals surface area contributed by atoms with Crippen LogP contribution in [-0.2, 0) is 12.8 Å². The van der Waals surface area contributed by atoms with Crippen molar-refractivity contribution < 1.29 is 17.9 Å². The number of ether oxygens (including phenoxy) is 1. The summed E-state index contributed by atoms with van der Waals surface area (Å²) in [5, 5.41) is 0.975. The van der Waals surface area contributed by atoms with Gasteiger partial charge in [-0.15, -0.1) is 0 Å². The molecular weight excluding hydrogens is 473 g/mol. The number of hydrogen-bond acceptors (Lipinski definition) is 2. The molecule has 3 nitrogen and oxygen atoms in total. The normalized spacial score (nSPS) is 14.1. The van der Waals surface area contributed by atoms with Gasteiger partial charge in [0.05, 0.1) is 11.3 Å². The maximum absolute atomic E-state index is 13.3. The van der Waals surface area contributed by atoms with Gasteiger partial charge in [0, 0.05) is 45.6 Å². The predicted molar refractivity (Wildman–Crippen MR) is 141 cm³/mol. The molecule has 0 amide bonds. The van der Waals surface area contributed by atoms with Gasteiger partial charge in [0.1, 0.15) is 12.4 Å². The van der Waals surface area contributed by atoms with E-state index < -0.39 is 11.7 Å². The lowest BCUT2D eigenvalue weighted by Gasteiger charge is -2.14. The Morgan fingerprint density at radius 2 is 1.59 bits per heavy atom. The lowest BCUT2D eigenvalue weighted by molar-refractivity contribution is -0.137. The van der Waals surface area contributed by atoms with Crippen LogP contribution in [0.4, 0.5) is 18.9 Å². The molecule has 1 aliphatic heterocycles. The molecule has 0 atom stereocenters. The molecule has 0 bridgehead atoms. The van der Waals surface area contributed by atoms with Gasteiger partial charge in [-0.3, -0.25) is 4.99 Å². The maximum Gasteiger partial charge on any atom is 0.416 e. The summed E-state index contributed by atoms with van der Waals surface area (Å²) in [6, 6.07) is 28.8. The summed E-state index contributed by atoms with van der Waals surface area (Å²) in [6.07, 6.45) is -0.730. The fraction of sp³-hybridized carbons (Fsp3) is 0.0645. The van der Waals surface area contributed by atoms with Crippen LogP contribution < -0.4 is 4.74 Å². The van der Waals surface area contributed by atoms with Crippen LogP contribution >= 0.6 is 0 Å². The summed E-state index contributed by atoms with van der Waals surface area (Å²) in [5.74, 6) is 0.691. The molecule has 0 fully saturated rings. The first-order chi connectivity index (χ1) is 18.0. The topological polar surface area (TPSA) is 37.4 Å². The van der Waals surface area contributed by atoms with Gasteiger partial charge in [0.15, 0.2) is 0 Å². The molecule has 0 aliphatic carbocycles. The molecule has 6 rings (SSSR count). The van der Waals surface area contributed by atoms with Crippen LogP contribution in [0.25, 0.3) is 22.0 Å². The first-order valence-corrected chi connectivity index (χ1v) is 11.8. The number of aliphatic imine (C=N–C) groups is 1. The van der Waals surface area contributed by atoms with Gasteiger partial charge in [-0.1, -0.05) is 60.7 Å². The predicted octanol–water partition coefficient (Wildman–Crippen LogP) is 8.44. The van der Waals surface area contributed by atoms with Crippen LogP contribution in [0.1, 0.15) is 27.8 Å². The van der Waals surface area contributed by atoms with Crippen molar-refractivity contribution in [1.82, 2.24) is 4.98 Å². The highest BCUT2D eigenvalue weighted by atomic mass is 19.4. The highest BCUT2D eigenvalue weighted by Crippen LogP contribution is 2.43. The smallest absolute Gasteiger partial charge is 0.416 e. The number of halogens is 3. The number of H-pyrrole nitrogens is 1. The number of para-hydroxylation sites is 1. The van der Waals surface area contributed by atoms with Crippen molar-refractivity contribution >= 4 is 34.0 Å². The molecule has 4 aromatic carbocycles. The molecule has 1 N–H and O–H groups in total. The van der Waals surface area contributed by atoms with Crippen molar-refractivity contribution in [2.45, 2.75) is 12.8 Å². The van der Waals surface area contributed by atoms with E-state index in [1.54, 1.807) is 6.21 Å². The van der Waals surface area contributed by atoms with Crippen LogP contribution in [0.3, 0.4) is 0 Å². The average molecular weight is 495 g/mol. The lowest BCUT2D eigenvalue weighted by atomic mass is 9.89. The van der Waals surface area contributed by atoms with Gasteiger partial charge < -0.3 is 9.72 Å². The van der Waals surface area contributed by atoms with Gasteiger partial charge in [0.2, 0.25) is 0 Å². The van der Waals surface area contributed by atoms with Crippen LogP contribution in [0.5, 0.6) is 5.75 Å². The molecule has 1 aromatic heterocycles. The molecule has 0 saturated carbocycles. The Labute approximate surface area is 211 Å². The highest BCUT2D eigenvalue weighted by molar-refractivity contribution is 6.27. The van der Waals surface area contributed by atoms with Crippen LogP contribution in [-0.4, -0.2) is 11.2 Å². The monoisotopic (exact) mass is 494 g/mol. The van der Waals surface area contributed by atoms with Gasteiger partial charge >= 0.3 is 6.18 Å². The van der Waals surface area contributed by atoms with Crippen molar-refractivity contribution in [3.63, 3.8) is 0 Å². The number of rotatable bonds is 5. The van der Waals surface area contributed by atoms with Crippen LogP contribution in [0, 0.1) is 0 Å². The molecule has 37 heavy (non-hydrogen) atoms. The summed E-state index contributed by atoms with van der Waals surface area (Å²) in [5.41, 5.74) is 6.15. The van der Waals surface area contributed by atoms with E-state index in [1.807, 2.05) is 79.0 Å². The van der Waals surface area contributed by atoms with Gasteiger partial charge in [-0.2, -0.15) is 13.2 Å². The fourth-order valence-corrected chi connectivity index (χ4v) is 4.64. The van der Waals surface area contributed by atoms with E-state index in [0.717, 1.165) is 56.6 Å². The van der Waals surface area contributed by atoms with Gasteiger partial charge in [0.25, 0.3) is 0 Å². The summed E-state index contributed by atoms with van der Waals surface area (Å²) in [6.45, 7) is 0.424. The van der Waals surface area contributed by atoms with E-state index in [-0.39, 0.29) is 0 Å². The maximum atomic E-state index is 13.3. The van der Waals surface area contributed by atoms with E-state index in [0.29, 0.717) is 17.9 Å². The Hall–Kier alpha value is -4.58. The minimum Gasteiger partial charge on any atom is -0.489 e. The highest BCUT2D eigenvalue weighted by Gasteiger charge is 2.30. The van der Waals surface area contributed by atoms with Crippen molar-refractivity contribution in [2.75, 3.05) is 0 Å². The number of hydrogen-bond donors (Lipinski definition) is 1. The Balaban J connectivity index is 1.48. The molecule has 0 spiro atoms. The minimum absolute atomic E-state index is 0.424. The number of alkyl halides is 3. The quantitative estimate of drug-likeness (QED) is 0.262. The van der Waals surface area contributed by atoms with Gasteiger partial charge in [-0.25, -0.2) is 0 Å². The van der Waals surface area contributed by atoms with Crippen LogP contribution in [0.15, 0.2) is 108 Å². The number of aromatic nitrogens is 1. The third-order valence-electron chi connectivity index (χ3n) is 6.47. The lowest BCUT2D eigenvalue weighted by Crippen LogP contribution is -2.04. The molecule has 5 aromatic rings. The fourth-order valence-electron chi connectivity index (χ4n) is 4.64. The zero-order valence-electron chi connectivity index (χ0n) is 19.6. The Morgan fingerprint density at radius 1 is 0.838 bits per heavy atom. The zero-order chi connectivity index (χ0) is 25.4. The van der Waals surface area contributed by atoms with E-state index in [2.05, 4.69) is 9.98 Å². The number of nitrogens with zero attached hydrogens (tertiary/aromatic N) is 1. The summed E-state index contributed by atoms with van der Waals surface area (Å²) < 4.78 is 45.9. The number of benzene rings is 4. The molecule has 2 heterocycles. The minimum atomic E-state index is -4.40. The standard InChI is InChI=1S/C31H21F3N2O/c32-31(33,34)22-12-10-21(11-13-22)30(26-17-35-28-9-5-4-8-24(26)28)27-18-36-29-15-14-23(16-25(27)29)37-19-20-6-2-1-3-7-20/h1-18,35H,19H2/b30-27+. The third-order valence-corrected chi connectivity index (χ3v) is 6.47. The van der Waals surface area contributed by atoms with Crippen molar-refractivity contribution in [1.29, 1.82) is 0 Å². The summed E-state index contributed by atoms with van der Waals surface area (Å²) in [7, 11) is 0. The molecule has 0 saturated heterocycles. The Morgan fingerprint density at radius 3 is 2.38 bits per heavy atom. The van der Waals surface area contributed by atoms with Crippen molar-refractivity contribution in [3.05, 3.63) is 131 Å². The van der Waals surface area contributed by atoms with E-state index in [1.165, 1.54) is 12.1 Å². The first-order valence-electron chi connectivity index (χ1n) is 11.8. The molecule has 6 heteroatoms.